The second-order valence-electron chi connectivity index (χ2n) is 10.5. The number of ketones is 1. The Morgan fingerprint density at radius 1 is 1.19 bits per heavy atom. The molecule has 1 aromatic heterocycles. The minimum Gasteiger partial charge on any atom is -0.369 e. The van der Waals surface area contributed by atoms with Crippen LogP contribution in [-0.4, -0.2) is 49.7 Å². The first-order chi connectivity index (χ1) is 17.0. The summed E-state index contributed by atoms with van der Waals surface area (Å²) in [5.74, 6) is -4.01. The number of halogens is 2. The van der Waals surface area contributed by atoms with Crippen LogP contribution in [0.2, 0.25) is 0 Å². The molecular formula is C26H29F2N3O3S2. The van der Waals surface area contributed by atoms with E-state index in [4.69, 9.17) is 4.98 Å². The van der Waals surface area contributed by atoms with Crippen LogP contribution >= 0.6 is 11.3 Å². The molecular weight excluding hydrogens is 504 g/mol. The van der Waals surface area contributed by atoms with E-state index in [-0.39, 0.29) is 42.5 Å². The van der Waals surface area contributed by atoms with Crippen molar-refractivity contribution in [2.24, 2.45) is 11.3 Å². The predicted octanol–water partition coefficient (Wildman–Crippen LogP) is 5.14. The molecule has 192 valence electrons. The van der Waals surface area contributed by atoms with Crippen LogP contribution < -0.4 is 4.90 Å². The van der Waals surface area contributed by atoms with E-state index in [1.807, 2.05) is 36.1 Å². The maximum atomic E-state index is 14.5. The van der Waals surface area contributed by atoms with Crippen LogP contribution in [-0.2, 0) is 14.6 Å². The Bertz CT molecular complexity index is 1300. The predicted molar refractivity (Wildman–Crippen MR) is 135 cm³/mol. The second kappa shape index (κ2) is 9.18. The highest BCUT2D eigenvalue weighted by atomic mass is 32.2. The van der Waals surface area contributed by atoms with Gasteiger partial charge in [-0.1, -0.05) is 12.1 Å². The van der Waals surface area contributed by atoms with Gasteiger partial charge in [0.05, 0.1) is 33.7 Å². The van der Waals surface area contributed by atoms with Crippen molar-refractivity contribution in [2.75, 3.05) is 29.5 Å². The monoisotopic (exact) mass is 533 g/mol. The lowest BCUT2D eigenvalue weighted by Crippen LogP contribution is -2.40. The van der Waals surface area contributed by atoms with Crippen molar-refractivity contribution in [2.45, 2.75) is 57.3 Å². The fraction of sp³-hybridized carbons (Fsp3) is 0.577. The Hall–Kier alpha value is -2.38. The highest BCUT2D eigenvalue weighted by Crippen LogP contribution is 2.53. The molecule has 10 heteroatoms. The molecule has 1 saturated heterocycles. The standard InChI is InChI=1S/C26H29F2N3O3S2/c1-17-30-23(18-2-4-19(5-3-18)31-10-12-36(33,34)13-11-31)24(35-17)20-6-7-26(27,28)14-21(20)22(32)15-25(16-29)8-9-25/h2-5,20-21H,6-15H2,1H3/t20-,21-/m1/s1. The van der Waals surface area contributed by atoms with E-state index < -0.39 is 33.5 Å². The Balaban J connectivity index is 1.41. The molecule has 2 aliphatic carbocycles. The fourth-order valence-corrected chi connectivity index (χ4v) is 7.78. The van der Waals surface area contributed by atoms with Gasteiger partial charge in [-0.25, -0.2) is 22.2 Å². The average Bonchev–Trinajstić information content (AvgIpc) is 3.50. The number of nitriles is 1. The minimum absolute atomic E-state index is 0.0497. The average molecular weight is 534 g/mol. The van der Waals surface area contributed by atoms with Gasteiger partial charge in [-0.2, -0.15) is 5.26 Å². The summed E-state index contributed by atoms with van der Waals surface area (Å²) in [6.07, 6.45) is 0.821. The molecule has 5 rings (SSSR count). The summed E-state index contributed by atoms with van der Waals surface area (Å²) in [6.45, 7) is 2.78. The molecule has 3 aliphatic rings. The minimum atomic E-state index is -2.97. The number of aryl methyl sites for hydroxylation is 1. The van der Waals surface area contributed by atoms with Crippen LogP contribution in [0.5, 0.6) is 0 Å². The molecule has 0 unspecified atom stereocenters. The van der Waals surface area contributed by atoms with E-state index in [0.29, 0.717) is 25.9 Å². The highest BCUT2D eigenvalue weighted by molar-refractivity contribution is 7.91. The zero-order valence-electron chi connectivity index (χ0n) is 20.2. The summed E-state index contributed by atoms with van der Waals surface area (Å²) in [5.41, 5.74) is 1.84. The van der Waals surface area contributed by atoms with Crippen LogP contribution in [0.1, 0.15) is 54.3 Å². The maximum absolute atomic E-state index is 14.5. The van der Waals surface area contributed by atoms with Crippen molar-refractivity contribution in [1.82, 2.24) is 4.98 Å². The molecule has 6 nitrogen and oxygen atoms in total. The van der Waals surface area contributed by atoms with Crippen molar-refractivity contribution < 1.29 is 22.0 Å². The number of benzene rings is 1. The summed E-state index contributed by atoms with van der Waals surface area (Å²) in [6, 6.07) is 9.96. The van der Waals surface area contributed by atoms with Gasteiger partial charge in [0.15, 0.2) is 9.84 Å². The number of hydrogen-bond donors (Lipinski definition) is 0. The fourth-order valence-electron chi connectivity index (χ4n) is 5.43. The number of carbonyl (C=O) groups is 1. The third-order valence-electron chi connectivity index (χ3n) is 7.79. The van der Waals surface area contributed by atoms with Gasteiger partial charge in [-0.15, -0.1) is 11.3 Å². The van der Waals surface area contributed by atoms with E-state index in [9.17, 15) is 27.3 Å². The topological polar surface area (TPSA) is 91.1 Å². The maximum Gasteiger partial charge on any atom is 0.248 e. The molecule has 3 fully saturated rings. The van der Waals surface area contributed by atoms with E-state index >= 15 is 0 Å². The van der Waals surface area contributed by atoms with Gasteiger partial charge in [-0.05, 0) is 38.3 Å². The number of thiazole rings is 1. The van der Waals surface area contributed by atoms with E-state index in [0.717, 1.165) is 26.8 Å². The molecule has 36 heavy (non-hydrogen) atoms. The van der Waals surface area contributed by atoms with Crippen molar-refractivity contribution in [3.63, 3.8) is 0 Å². The van der Waals surface area contributed by atoms with Gasteiger partial charge in [0.25, 0.3) is 0 Å². The number of alkyl halides is 2. The number of nitrogens with zero attached hydrogens (tertiary/aromatic N) is 3. The van der Waals surface area contributed by atoms with Gasteiger partial charge in [0, 0.05) is 60.3 Å². The molecule has 2 saturated carbocycles. The first-order valence-electron chi connectivity index (χ1n) is 12.3. The normalized spacial score (nSPS) is 26.2. The van der Waals surface area contributed by atoms with Gasteiger partial charge >= 0.3 is 0 Å². The Morgan fingerprint density at radius 3 is 2.47 bits per heavy atom. The lowest BCUT2D eigenvalue weighted by molar-refractivity contribution is -0.132. The van der Waals surface area contributed by atoms with Crippen molar-refractivity contribution >= 4 is 32.6 Å². The quantitative estimate of drug-likeness (QED) is 0.511. The van der Waals surface area contributed by atoms with Crippen LogP contribution in [0.4, 0.5) is 14.5 Å². The summed E-state index contributed by atoms with van der Waals surface area (Å²) in [4.78, 5) is 20.9. The number of hydrogen-bond acceptors (Lipinski definition) is 7. The smallest absolute Gasteiger partial charge is 0.248 e. The summed E-state index contributed by atoms with van der Waals surface area (Å²) in [7, 11) is -2.97. The number of carbonyl (C=O) groups excluding carboxylic acids is 1. The third-order valence-corrected chi connectivity index (χ3v) is 10.5. The first kappa shape index (κ1) is 25.3. The van der Waals surface area contributed by atoms with E-state index in [1.54, 1.807) is 0 Å². The molecule has 2 heterocycles. The van der Waals surface area contributed by atoms with Crippen LogP contribution in [0.15, 0.2) is 24.3 Å². The number of Topliss-reactive ketones (excluding diaryl/α,β-unsaturated/α-hetero) is 1. The molecule has 1 aliphatic heterocycles. The molecule has 1 aromatic carbocycles. The zero-order valence-corrected chi connectivity index (χ0v) is 21.8. The van der Waals surface area contributed by atoms with Crippen molar-refractivity contribution in [3.8, 4) is 17.3 Å². The van der Waals surface area contributed by atoms with Gasteiger partial charge in [-0.3, -0.25) is 4.79 Å². The molecule has 2 atom stereocenters. The lowest BCUT2D eigenvalue weighted by Gasteiger charge is -2.35. The van der Waals surface area contributed by atoms with Crippen molar-refractivity contribution in [1.29, 1.82) is 5.26 Å². The molecule has 0 bridgehead atoms. The zero-order chi connectivity index (χ0) is 25.7. The Morgan fingerprint density at radius 2 is 1.86 bits per heavy atom. The van der Waals surface area contributed by atoms with Gasteiger partial charge < -0.3 is 4.90 Å². The molecule has 2 aromatic rings. The largest absolute Gasteiger partial charge is 0.369 e. The number of rotatable bonds is 6. The first-order valence-corrected chi connectivity index (χ1v) is 15.0. The SMILES string of the molecule is Cc1nc(-c2ccc(N3CCS(=O)(=O)CC3)cc2)c([C@@H]2CCC(F)(F)C[C@H]2C(=O)CC2(C#N)CC2)s1. The molecule has 0 N–H and O–H groups in total. The number of aromatic nitrogens is 1. The molecule has 0 radical (unpaired) electrons. The highest BCUT2D eigenvalue weighted by Gasteiger charge is 2.50. The summed E-state index contributed by atoms with van der Waals surface area (Å²) in [5, 5.41) is 10.2. The second-order valence-corrected chi connectivity index (χ2v) is 14.0. The lowest BCUT2D eigenvalue weighted by atomic mass is 9.72. The van der Waals surface area contributed by atoms with Gasteiger partial charge in [0.1, 0.15) is 5.78 Å². The Labute approximate surface area is 214 Å². The van der Waals surface area contributed by atoms with E-state index in [2.05, 4.69) is 6.07 Å². The number of anilines is 1. The van der Waals surface area contributed by atoms with Crippen molar-refractivity contribution in [3.05, 3.63) is 34.2 Å². The summed E-state index contributed by atoms with van der Waals surface area (Å²) < 4.78 is 52.4. The van der Waals surface area contributed by atoms with Crippen LogP contribution in [0, 0.1) is 29.6 Å². The number of sulfone groups is 1. The van der Waals surface area contributed by atoms with Gasteiger partial charge in [0.2, 0.25) is 5.92 Å². The van der Waals surface area contributed by atoms with E-state index in [1.165, 1.54) is 11.3 Å². The molecule has 0 spiro atoms. The van der Waals surface area contributed by atoms with Crippen LogP contribution in [0.25, 0.3) is 11.3 Å². The third kappa shape index (κ3) is 5.18. The Kier molecular flexibility index (Phi) is 6.44. The molecule has 0 amide bonds. The van der Waals surface area contributed by atoms with Crippen LogP contribution in [0.3, 0.4) is 0 Å². The summed E-state index contributed by atoms with van der Waals surface area (Å²) >= 11 is 1.46.